The Morgan fingerprint density at radius 3 is 2.82 bits per heavy atom. The van der Waals surface area contributed by atoms with E-state index in [1.54, 1.807) is 6.26 Å². The van der Waals surface area contributed by atoms with E-state index in [-0.39, 0.29) is 12.3 Å². The van der Waals surface area contributed by atoms with Crippen molar-refractivity contribution in [2.45, 2.75) is 32.1 Å². The molecule has 17 heavy (non-hydrogen) atoms. The summed E-state index contributed by atoms with van der Waals surface area (Å²) < 4.78 is 17.5. The lowest BCUT2D eigenvalue weighted by Gasteiger charge is -2.19. The van der Waals surface area contributed by atoms with Crippen LogP contribution in [0.25, 0.3) is 0 Å². The molecule has 0 bridgehead atoms. The molecule has 5 heteroatoms. The van der Waals surface area contributed by atoms with E-state index in [1.807, 2.05) is 6.07 Å². The van der Waals surface area contributed by atoms with Crippen LogP contribution in [0.4, 0.5) is 0 Å². The second-order valence-corrected chi connectivity index (χ2v) is 4.90. The first-order valence-corrected chi connectivity index (χ1v) is 6.80. The van der Waals surface area contributed by atoms with E-state index in [1.165, 1.54) is 0 Å². The molecule has 1 unspecified atom stereocenters. The molecule has 96 valence electrons. The van der Waals surface area contributed by atoms with Gasteiger partial charge in [0.2, 0.25) is 0 Å². The summed E-state index contributed by atoms with van der Waals surface area (Å²) in [5, 5.41) is 3.46. The largest absolute Gasteiger partial charge is 0.466 e. The molecule has 0 radical (unpaired) electrons. The third-order valence-electron chi connectivity index (χ3n) is 2.72. The molecule has 0 amide bonds. The number of nitrogens with one attached hydrogen (secondary N) is 1. The van der Waals surface area contributed by atoms with Crippen LogP contribution in [0, 0.1) is 0 Å². The monoisotopic (exact) mass is 303 g/mol. The SMILES string of the molecule is CCCNC(CC1OCCO1)c1occc1Br. The third kappa shape index (κ3) is 3.55. The molecule has 1 aliphatic rings. The lowest BCUT2D eigenvalue weighted by molar-refractivity contribution is -0.0542. The van der Waals surface area contributed by atoms with E-state index in [0.29, 0.717) is 13.2 Å². The smallest absolute Gasteiger partial charge is 0.159 e. The van der Waals surface area contributed by atoms with Crippen molar-refractivity contribution >= 4 is 15.9 Å². The summed E-state index contributed by atoms with van der Waals surface area (Å²) in [6.07, 6.45) is 3.42. The quantitative estimate of drug-likeness (QED) is 0.877. The maximum absolute atomic E-state index is 5.51. The van der Waals surface area contributed by atoms with Crippen molar-refractivity contribution in [2.24, 2.45) is 0 Å². The predicted octanol–water partition coefficient (Wildman–Crippen LogP) is 2.85. The highest BCUT2D eigenvalue weighted by atomic mass is 79.9. The summed E-state index contributed by atoms with van der Waals surface area (Å²) in [5.74, 6) is 0.914. The minimum absolute atomic E-state index is 0.124. The predicted molar refractivity (Wildman–Crippen MR) is 67.8 cm³/mol. The second-order valence-electron chi connectivity index (χ2n) is 4.05. The Labute approximate surface area is 110 Å². The van der Waals surface area contributed by atoms with Gasteiger partial charge in [-0.05, 0) is 35.0 Å². The van der Waals surface area contributed by atoms with Crippen molar-refractivity contribution in [3.05, 3.63) is 22.6 Å². The lowest BCUT2D eigenvalue weighted by atomic mass is 10.1. The molecule has 1 atom stereocenters. The molecule has 0 aliphatic carbocycles. The molecule has 0 aromatic carbocycles. The summed E-state index contributed by atoms with van der Waals surface area (Å²) in [4.78, 5) is 0. The van der Waals surface area contributed by atoms with Gasteiger partial charge >= 0.3 is 0 Å². The van der Waals surface area contributed by atoms with Crippen molar-refractivity contribution < 1.29 is 13.9 Å². The third-order valence-corrected chi connectivity index (χ3v) is 3.38. The van der Waals surface area contributed by atoms with Crippen molar-refractivity contribution in [2.75, 3.05) is 19.8 Å². The van der Waals surface area contributed by atoms with Gasteiger partial charge < -0.3 is 19.2 Å². The number of hydrogen-bond donors (Lipinski definition) is 1. The highest BCUT2D eigenvalue weighted by Crippen LogP contribution is 2.29. The highest BCUT2D eigenvalue weighted by Gasteiger charge is 2.25. The summed E-state index contributed by atoms with van der Waals surface area (Å²) in [6, 6.07) is 2.04. The van der Waals surface area contributed by atoms with Crippen LogP contribution in [-0.2, 0) is 9.47 Å². The fraction of sp³-hybridized carbons (Fsp3) is 0.667. The summed E-state index contributed by atoms with van der Waals surface area (Å²) in [7, 11) is 0. The van der Waals surface area contributed by atoms with E-state index in [2.05, 4.69) is 28.2 Å². The Morgan fingerprint density at radius 2 is 2.24 bits per heavy atom. The van der Waals surface area contributed by atoms with Gasteiger partial charge in [0.15, 0.2) is 6.29 Å². The molecule has 0 saturated carbocycles. The van der Waals surface area contributed by atoms with E-state index < -0.39 is 0 Å². The van der Waals surface area contributed by atoms with Gasteiger partial charge in [-0.2, -0.15) is 0 Å². The van der Waals surface area contributed by atoms with Crippen LogP contribution in [0.3, 0.4) is 0 Å². The fourth-order valence-corrected chi connectivity index (χ4v) is 2.37. The van der Waals surface area contributed by atoms with Crippen LogP contribution < -0.4 is 5.32 Å². The molecule has 2 heterocycles. The van der Waals surface area contributed by atoms with Gasteiger partial charge in [-0.1, -0.05) is 6.92 Å². The van der Waals surface area contributed by atoms with Gasteiger partial charge in [-0.15, -0.1) is 0 Å². The van der Waals surface area contributed by atoms with Crippen LogP contribution in [0.5, 0.6) is 0 Å². The van der Waals surface area contributed by atoms with Crippen molar-refractivity contribution in [1.29, 1.82) is 0 Å². The molecule has 1 aromatic rings. The van der Waals surface area contributed by atoms with Gasteiger partial charge in [0, 0.05) is 6.42 Å². The maximum atomic E-state index is 5.51. The average Bonchev–Trinajstić information content (AvgIpc) is 2.95. The zero-order valence-corrected chi connectivity index (χ0v) is 11.5. The maximum Gasteiger partial charge on any atom is 0.159 e. The molecular weight excluding hydrogens is 286 g/mol. The van der Waals surface area contributed by atoms with E-state index in [0.717, 1.165) is 29.6 Å². The molecule has 2 rings (SSSR count). The van der Waals surface area contributed by atoms with Gasteiger partial charge in [0.1, 0.15) is 5.76 Å². The number of rotatable bonds is 6. The first-order valence-electron chi connectivity index (χ1n) is 6.00. The summed E-state index contributed by atoms with van der Waals surface area (Å²) in [6.45, 7) is 4.46. The number of ether oxygens (including phenoxy) is 2. The standard InChI is InChI=1S/C12H18BrNO3/c1-2-4-14-10(8-11-15-6-7-16-11)12-9(13)3-5-17-12/h3,5,10-11,14H,2,4,6-8H2,1H3. The van der Waals surface area contributed by atoms with Crippen LogP contribution >= 0.6 is 15.9 Å². The van der Waals surface area contributed by atoms with Crippen LogP contribution in [0.1, 0.15) is 31.6 Å². The Bertz CT molecular complexity index is 336. The van der Waals surface area contributed by atoms with E-state index in [4.69, 9.17) is 13.9 Å². The Balaban J connectivity index is 1.99. The molecule has 1 saturated heterocycles. The Hall–Kier alpha value is -0.360. The molecule has 1 N–H and O–H groups in total. The number of halogens is 1. The normalized spacial score (nSPS) is 18.7. The average molecular weight is 304 g/mol. The number of hydrogen-bond acceptors (Lipinski definition) is 4. The summed E-state index contributed by atoms with van der Waals surface area (Å²) >= 11 is 3.49. The zero-order chi connectivity index (χ0) is 12.1. The molecule has 0 spiro atoms. The fourth-order valence-electron chi connectivity index (χ4n) is 1.89. The van der Waals surface area contributed by atoms with Gasteiger partial charge in [0.25, 0.3) is 0 Å². The second kappa shape index (κ2) is 6.54. The minimum atomic E-state index is -0.124. The minimum Gasteiger partial charge on any atom is -0.466 e. The van der Waals surface area contributed by atoms with Crippen LogP contribution in [-0.4, -0.2) is 26.0 Å². The molecule has 1 aromatic heterocycles. The first kappa shape index (κ1) is 13.1. The summed E-state index contributed by atoms with van der Waals surface area (Å²) in [5.41, 5.74) is 0. The van der Waals surface area contributed by atoms with Gasteiger partial charge in [-0.25, -0.2) is 0 Å². The Morgan fingerprint density at radius 1 is 1.47 bits per heavy atom. The molecule has 4 nitrogen and oxygen atoms in total. The van der Waals surface area contributed by atoms with Gasteiger partial charge in [0.05, 0.1) is 30.0 Å². The molecule has 1 fully saturated rings. The van der Waals surface area contributed by atoms with Crippen molar-refractivity contribution in [3.8, 4) is 0 Å². The molecular formula is C12H18BrNO3. The van der Waals surface area contributed by atoms with Crippen molar-refractivity contribution in [3.63, 3.8) is 0 Å². The van der Waals surface area contributed by atoms with Gasteiger partial charge in [-0.3, -0.25) is 0 Å². The highest BCUT2D eigenvalue weighted by molar-refractivity contribution is 9.10. The number of furan rings is 1. The zero-order valence-electron chi connectivity index (χ0n) is 9.95. The van der Waals surface area contributed by atoms with Crippen molar-refractivity contribution in [1.82, 2.24) is 5.32 Å². The van der Waals surface area contributed by atoms with Crippen LogP contribution in [0.2, 0.25) is 0 Å². The van der Waals surface area contributed by atoms with Crippen LogP contribution in [0.15, 0.2) is 21.2 Å². The van der Waals surface area contributed by atoms with E-state index in [9.17, 15) is 0 Å². The topological polar surface area (TPSA) is 43.6 Å². The molecule has 1 aliphatic heterocycles. The van der Waals surface area contributed by atoms with E-state index >= 15 is 0 Å². The lowest BCUT2D eigenvalue weighted by Crippen LogP contribution is -2.26. The first-order chi connectivity index (χ1) is 8.31. The Kier molecular flexibility index (Phi) is 5.03.